The smallest absolute Gasteiger partial charge is 0.187 e. The molecule has 1 aromatic carbocycles. The fourth-order valence-electron chi connectivity index (χ4n) is 1.33. The molecule has 0 amide bonds. The summed E-state index contributed by atoms with van der Waals surface area (Å²) in [7, 11) is 1.61. The molecule has 1 aliphatic rings. The number of fused-ring (bicyclic) bond motifs is 1. The molecule has 0 aromatic heterocycles. The van der Waals surface area contributed by atoms with Crippen molar-refractivity contribution in [2.75, 3.05) is 7.11 Å². The number of rotatable bonds is 1. The second-order valence-corrected chi connectivity index (χ2v) is 3.62. The molecular formula is C10H7BrO2. The lowest BCUT2D eigenvalue weighted by Gasteiger charge is -2.02. The Morgan fingerprint density at radius 2 is 2.08 bits per heavy atom. The van der Waals surface area contributed by atoms with Gasteiger partial charge in [0.25, 0.3) is 0 Å². The second-order valence-electron chi connectivity index (χ2n) is 2.77. The van der Waals surface area contributed by atoms with E-state index in [4.69, 9.17) is 4.74 Å². The molecular weight excluding hydrogens is 232 g/mol. The minimum absolute atomic E-state index is 0.0459. The minimum atomic E-state index is 0.0459. The van der Waals surface area contributed by atoms with E-state index in [-0.39, 0.29) is 5.78 Å². The van der Waals surface area contributed by atoms with Gasteiger partial charge in [-0.05, 0) is 18.2 Å². The molecule has 0 bridgehead atoms. The standard InChI is InChI=1S/C10H7BrO2/c1-13-6-2-3-7-8(4-6)9(11)5-10(7)12/h2-5H,1H3. The van der Waals surface area contributed by atoms with Gasteiger partial charge in [0.2, 0.25) is 0 Å². The monoisotopic (exact) mass is 238 g/mol. The van der Waals surface area contributed by atoms with Crippen LogP contribution < -0.4 is 4.74 Å². The van der Waals surface area contributed by atoms with Crippen LogP contribution in [0.15, 0.2) is 24.3 Å². The molecule has 0 atom stereocenters. The number of hydrogen-bond donors (Lipinski definition) is 0. The summed E-state index contributed by atoms with van der Waals surface area (Å²) in [5, 5.41) is 0. The maximum atomic E-state index is 11.3. The van der Waals surface area contributed by atoms with Crippen LogP contribution in [0, 0.1) is 0 Å². The molecule has 0 spiro atoms. The molecule has 0 heterocycles. The lowest BCUT2D eigenvalue weighted by atomic mass is 10.1. The zero-order valence-corrected chi connectivity index (χ0v) is 8.59. The summed E-state index contributed by atoms with van der Waals surface area (Å²) < 4.78 is 5.89. The first-order valence-electron chi connectivity index (χ1n) is 3.82. The number of hydrogen-bond acceptors (Lipinski definition) is 2. The third-order valence-electron chi connectivity index (χ3n) is 2.01. The van der Waals surface area contributed by atoms with Crippen molar-refractivity contribution in [1.82, 2.24) is 0 Å². The number of benzene rings is 1. The van der Waals surface area contributed by atoms with Gasteiger partial charge in [0, 0.05) is 21.7 Å². The second kappa shape index (κ2) is 3.00. The Kier molecular flexibility index (Phi) is 1.96. The van der Waals surface area contributed by atoms with Gasteiger partial charge in [-0.15, -0.1) is 0 Å². The predicted octanol–water partition coefficient (Wildman–Crippen LogP) is 2.63. The summed E-state index contributed by atoms with van der Waals surface area (Å²) in [6.07, 6.45) is 1.57. The number of halogens is 1. The Bertz CT molecular complexity index is 407. The SMILES string of the molecule is COc1ccc2c(c1)C(Br)=CC2=O. The zero-order valence-electron chi connectivity index (χ0n) is 7.00. The van der Waals surface area contributed by atoms with Crippen molar-refractivity contribution in [2.24, 2.45) is 0 Å². The molecule has 0 saturated heterocycles. The van der Waals surface area contributed by atoms with E-state index in [1.165, 1.54) is 0 Å². The van der Waals surface area contributed by atoms with Crippen LogP contribution in [0.1, 0.15) is 15.9 Å². The van der Waals surface area contributed by atoms with Crippen molar-refractivity contribution in [3.8, 4) is 5.75 Å². The maximum absolute atomic E-state index is 11.3. The Labute approximate surface area is 84.3 Å². The molecule has 66 valence electrons. The Morgan fingerprint density at radius 1 is 1.31 bits per heavy atom. The minimum Gasteiger partial charge on any atom is -0.497 e. The van der Waals surface area contributed by atoms with Crippen molar-refractivity contribution in [3.05, 3.63) is 35.4 Å². The number of carbonyl (C=O) groups is 1. The van der Waals surface area contributed by atoms with Crippen LogP contribution in [-0.2, 0) is 0 Å². The number of methoxy groups -OCH3 is 1. The molecule has 0 N–H and O–H groups in total. The number of ketones is 1. The topological polar surface area (TPSA) is 26.3 Å². The van der Waals surface area contributed by atoms with Crippen LogP contribution in [0.25, 0.3) is 4.48 Å². The summed E-state index contributed by atoms with van der Waals surface area (Å²) in [6, 6.07) is 5.41. The number of allylic oxidation sites excluding steroid dienone is 1. The molecule has 2 nitrogen and oxygen atoms in total. The fourth-order valence-corrected chi connectivity index (χ4v) is 1.87. The Balaban J connectivity index is 2.59. The van der Waals surface area contributed by atoms with E-state index in [1.807, 2.05) is 6.07 Å². The molecule has 3 heteroatoms. The van der Waals surface area contributed by atoms with E-state index in [9.17, 15) is 4.79 Å². The number of carbonyl (C=O) groups excluding carboxylic acids is 1. The van der Waals surface area contributed by atoms with Gasteiger partial charge in [-0.25, -0.2) is 0 Å². The lowest BCUT2D eigenvalue weighted by Crippen LogP contribution is -1.92. The van der Waals surface area contributed by atoms with Gasteiger partial charge < -0.3 is 4.74 Å². The van der Waals surface area contributed by atoms with Crippen LogP contribution in [0.5, 0.6) is 5.75 Å². The van der Waals surface area contributed by atoms with Crippen molar-refractivity contribution < 1.29 is 9.53 Å². The van der Waals surface area contributed by atoms with Crippen molar-refractivity contribution >= 4 is 26.2 Å². The Morgan fingerprint density at radius 3 is 2.77 bits per heavy atom. The first kappa shape index (κ1) is 8.51. The van der Waals surface area contributed by atoms with Gasteiger partial charge in [0.05, 0.1) is 7.11 Å². The highest BCUT2D eigenvalue weighted by Gasteiger charge is 2.19. The lowest BCUT2D eigenvalue weighted by molar-refractivity contribution is 0.105. The van der Waals surface area contributed by atoms with E-state index in [2.05, 4.69) is 15.9 Å². The van der Waals surface area contributed by atoms with Crippen LogP contribution in [0.4, 0.5) is 0 Å². The summed E-state index contributed by atoms with van der Waals surface area (Å²) >= 11 is 3.33. The van der Waals surface area contributed by atoms with E-state index in [0.29, 0.717) is 0 Å². The average molecular weight is 239 g/mol. The van der Waals surface area contributed by atoms with Crippen LogP contribution in [0.3, 0.4) is 0 Å². The quantitative estimate of drug-likeness (QED) is 0.752. The summed E-state index contributed by atoms with van der Waals surface area (Å²) in [5.41, 5.74) is 1.64. The highest BCUT2D eigenvalue weighted by Crippen LogP contribution is 2.33. The van der Waals surface area contributed by atoms with Crippen LogP contribution in [-0.4, -0.2) is 12.9 Å². The zero-order chi connectivity index (χ0) is 9.42. The third kappa shape index (κ3) is 1.29. The molecule has 1 aliphatic carbocycles. The molecule has 0 saturated carbocycles. The maximum Gasteiger partial charge on any atom is 0.187 e. The first-order chi connectivity index (χ1) is 6.22. The van der Waals surface area contributed by atoms with Gasteiger partial charge >= 0.3 is 0 Å². The van der Waals surface area contributed by atoms with E-state index in [0.717, 1.165) is 21.4 Å². The molecule has 1 aromatic rings. The van der Waals surface area contributed by atoms with Gasteiger partial charge in [-0.3, -0.25) is 4.79 Å². The van der Waals surface area contributed by atoms with Crippen LogP contribution >= 0.6 is 15.9 Å². The normalized spacial score (nSPS) is 14.0. The summed E-state index contributed by atoms with van der Waals surface area (Å²) in [4.78, 5) is 11.3. The van der Waals surface area contributed by atoms with Gasteiger partial charge in [-0.1, -0.05) is 15.9 Å². The van der Waals surface area contributed by atoms with E-state index < -0.39 is 0 Å². The van der Waals surface area contributed by atoms with Gasteiger partial charge in [0.1, 0.15) is 5.75 Å². The predicted molar refractivity (Wildman–Crippen MR) is 54.2 cm³/mol. The largest absolute Gasteiger partial charge is 0.497 e. The fraction of sp³-hybridized carbons (Fsp3) is 0.100. The van der Waals surface area contributed by atoms with Gasteiger partial charge in [0.15, 0.2) is 5.78 Å². The van der Waals surface area contributed by atoms with Crippen molar-refractivity contribution in [1.29, 1.82) is 0 Å². The first-order valence-corrected chi connectivity index (χ1v) is 4.61. The summed E-state index contributed by atoms with van der Waals surface area (Å²) in [6.45, 7) is 0. The molecule has 2 rings (SSSR count). The van der Waals surface area contributed by atoms with E-state index in [1.54, 1.807) is 25.3 Å². The highest BCUT2D eigenvalue weighted by molar-refractivity contribution is 9.15. The van der Waals surface area contributed by atoms with E-state index >= 15 is 0 Å². The number of ether oxygens (including phenoxy) is 1. The molecule has 0 unspecified atom stereocenters. The molecule has 0 radical (unpaired) electrons. The average Bonchev–Trinajstić information content (AvgIpc) is 2.42. The Hall–Kier alpha value is -1.09. The van der Waals surface area contributed by atoms with Crippen molar-refractivity contribution in [2.45, 2.75) is 0 Å². The highest BCUT2D eigenvalue weighted by atomic mass is 79.9. The third-order valence-corrected chi connectivity index (χ3v) is 2.66. The molecule has 13 heavy (non-hydrogen) atoms. The van der Waals surface area contributed by atoms with Crippen molar-refractivity contribution in [3.63, 3.8) is 0 Å². The van der Waals surface area contributed by atoms with Crippen LogP contribution in [0.2, 0.25) is 0 Å². The molecule has 0 fully saturated rings. The molecule has 0 aliphatic heterocycles. The summed E-state index contributed by atoms with van der Waals surface area (Å²) in [5.74, 6) is 0.809. The van der Waals surface area contributed by atoms with Gasteiger partial charge in [-0.2, -0.15) is 0 Å².